The zero-order valence-corrected chi connectivity index (χ0v) is 19.8. The molecule has 2 saturated heterocycles. The molecule has 0 saturated carbocycles. The molecule has 0 radical (unpaired) electrons. The summed E-state index contributed by atoms with van der Waals surface area (Å²) in [6, 6.07) is 5.63. The topological polar surface area (TPSA) is 84.8 Å². The molecule has 0 unspecified atom stereocenters. The van der Waals surface area contributed by atoms with Gasteiger partial charge in [-0.3, -0.25) is 4.79 Å². The SMILES string of the molecule is Cc1cc(OCCCC2CCN(c3ncc(Cl)cn3)CC2)ccc1C(=O)C[C@H]1COC[C@@H]1O. The Morgan fingerprint density at radius 1 is 1.24 bits per heavy atom. The summed E-state index contributed by atoms with van der Waals surface area (Å²) < 4.78 is 11.2. The van der Waals surface area contributed by atoms with Gasteiger partial charge in [0.15, 0.2) is 5.78 Å². The second-order valence-corrected chi connectivity index (χ2v) is 9.53. The average molecular weight is 474 g/mol. The minimum Gasteiger partial charge on any atom is -0.494 e. The van der Waals surface area contributed by atoms with Gasteiger partial charge in [-0.1, -0.05) is 11.6 Å². The average Bonchev–Trinajstić information content (AvgIpc) is 3.22. The van der Waals surface area contributed by atoms with Crippen molar-refractivity contribution in [3.63, 3.8) is 0 Å². The van der Waals surface area contributed by atoms with E-state index in [-0.39, 0.29) is 11.7 Å². The number of anilines is 1. The van der Waals surface area contributed by atoms with Gasteiger partial charge in [-0.25, -0.2) is 9.97 Å². The number of aliphatic hydroxyl groups excluding tert-OH is 1. The van der Waals surface area contributed by atoms with Crippen LogP contribution in [0.2, 0.25) is 5.02 Å². The Kier molecular flexibility index (Phi) is 8.17. The summed E-state index contributed by atoms with van der Waals surface area (Å²) in [4.78, 5) is 23.5. The van der Waals surface area contributed by atoms with Crippen molar-refractivity contribution >= 4 is 23.3 Å². The molecule has 1 aromatic carbocycles. The smallest absolute Gasteiger partial charge is 0.225 e. The van der Waals surface area contributed by atoms with E-state index in [9.17, 15) is 9.90 Å². The van der Waals surface area contributed by atoms with Crippen LogP contribution in [0, 0.1) is 18.8 Å². The van der Waals surface area contributed by atoms with E-state index in [1.54, 1.807) is 12.4 Å². The lowest BCUT2D eigenvalue weighted by Crippen LogP contribution is -2.34. The fourth-order valence-electron chi connectivity index (χ4n) is 4.62. The Balaban J connectivity index is 1.17. The second-order valence-electron chi connectivity index (χ2n) is 9.09. The Bertz CT molecular complexity index is 932. The van der Waals surface area contributed by atoms with Crippen LogP contribution in [0.1, 0.15) is 48.0 Å². The molecule has 0 aliphatic carbocycles. The number of ketones is 1. The quantitative estimate of drug-likeness (QED) is 0.433. The third kappa shape index (κ3) is 6.43. The van der Waals surface area contributed by atoms with Gasteiger partial charge in [-0.15, -0.1) is 0 Å². The number of aliphatic hydroxyl groups is 1. The van der Waals surface area contributed by atoms with Gasteiger partial charge in [-0.2, -0.15) is 0 Å². The molecular formula is C25H32ClN3O4. The number of hydrogen-bond donors (Lipinski definition) is 1. The minimum atomic E-state index is -0.546. The van der Waals surface area contributed by atoms with Crippen molar-refractivity contribution in [1.29, 1.82) is 0 Å². The largest absolute Gasteiger partial charge is 0.494 e. The van der Waals surface area contributed by atoms with Gasteiger partial charge in [-0.05, 0) is 62.3 Å². The lowest BCUT2D eigenvalue weighted by Gasteiger charge is -2.31. The first-order valence-corrected chi connectivity index (χ1v) is 12.1. The van der Waals surface area contributed by atoms with Gasteiger partial charge in [0, 0.05) is 31.0 Å². The first kappa shape index (κ1) is 23.9. The third-order valence-corrected chi connectivity index (χ3v) is 6.84. The summed E-state index contributed by atoms with van der Waals surface area (Å²) >= 11 is 5.87. The molecule has 4 rings (SSSR count). The molecule has 1 N–H and O–H groups in total. The van der Waals surface area contributed by atoms with Crippen LogP contribution < -0.4 is 9.64 Å². The molecule has 33 heavy (non-hydrogen) atoms. The van der Waals surface area contributed by atoms with Crippen LogP contribution in [0.25, 0.3) is 0 Å². The van der Waals surface area contributed by atoms with E-state index < -0.39 is 6.10 Å². The summed E-state index contributed by atoms with van der Waals surface area (Å²) in [6.07, 6.45) is 7.45. The maximum atomic E-state index is 12.6. The van der Waals surface area contributed by atoms with Gasteiger partial charge in [0.2, 0.25) is 5.95 Å². The normalized spacial score (nSPS) is 21.4. The monoisotopic (exact) mass is 473 g/mol. The highest BCUT2D eigenvalue weighted by molar-refractivity contribution is 6.30. The summed E-state index contributed by atoms with van der Waals surface area (Å²) in [5, 5.41) is 10.4. The maximum absolute atomic E-state index is 12.6. The van der Waals surface area contributed by atoms with Crippen molar-refractivity contribution in [3.05, 3.63) is 46.7 Å². The van der Waals surface area contributed by atoms with Gasteiger partial charge in [0.25, 0.3) is 0 Å². The molecule has 2 fully saturated rings. The first-order chi connectivity index (χ1) is 16.0. The molecule has 2 aliphatic rings. The molecule has 178 valence electrons. The number of carbonyl (C=O) groups excluding carboxylic acids is 1. The third-order valence-electron chi connectivity index (χ3n) is 6.64. The van der Waals surface area contributed by atoms with Crippen molar-refractivity contribution in [2.45, 2.75) is 45.1 Å². The minimum absolute atomic E-state index is 0.0453. The fourth-order valence-corrected chi connectivity index (χ4v) is 4.72. The zero-order valence-electron chi connectivity index (χ0n) is 19.1. The lowest BCUT2D eigenvalue weighted by atomic mass is 9.92. The summed E-state index contributed by atoms with van der Waals surface area (Å²) in [5.41, 5.74) is 1.60. The summed E-state index contributed by atoms with van der Waals surface area (Å²) in [6.45, 7) is 5.29. The van der Waals surface area contributed by atoms with E-state index in [4.69, 9.17) is 21.1 Å². The Hall–Kier alpha value is -2.22. The van der Waals surface area contributed by atoms with Gasteiger partial charge >= 0.3 is 0 Å². The lowest BCUT2D eigenvalue weighted by molar-refractivity contribution is 0.0890. The molecule has 2 atom stereocenters. The number of rotatable bonds is 9. The van der Waals surface area contributed by atoms with Crippen LogP contribution >= 0.6 is 11.6 Å². The Labute approximate surface area is 200 Å². The number of benzene rings is 1. The van der Waals surface area contributed by atoms with E-state index in [2.05, 4.69) is 14.9 Å². The Morgan fingerprint density at radius 2 is 2.00 bits per heavy atom. The molecule has 0 bridgehead atoms. The van der Waals surface area contributed by atoms with E-state index in [1.807, 2.05) is 25.1 Å². The van der Waals surface area contributed by atoms with E-state index in [1.165, 1.54) is 0 Å². The number of ether oxygens (including phenoxy) is 2. The molecule has 0 spiro atoms. The maximum Gasteiger partial charge on any atom is 0.225 e. The van der Waals surface area contributed by atoms with Crippen LogP contribution in [-0.2, 0) is 4.74 Å². The van der Waals surface area contributed by atoms with Crippen LogP contribution in [-0.4, -0.2) is 59.9 Å². The van der Waals surface area contributed by atoms with E-state index >= 15 is 0 Å². The fraction of sp³-hybridized carbons (Fsp3) is 0.560. The van der Waals surface area contributed by atoms with E-state index in [0.29, 0.717) is 42.7 Å². The van der Waals surface area contributed by atoms with Crippen LogP contribution in [0.3, 0.4) is 0 Å². The predicted molar refractivity (Wildman–Crippen MR) is 127 cm³/mol. The van der Waals surface area contributed by atoms with Crippen LogP contribution in [0.15, 0.2) is 30.6 Å². The number of Topliss-reactive ketones (excluding diaryl/α,β-unsaturated/α-hetero) is 1. The van der Waals surface area contributed by atoms with Crippen molar-refractivity contribution in [3.8, 4) is 5.75 Å². The first-order valence-electron chi connectivity index (χ1n) is 11.7. The number of hydrogen-bond acceptors (Lipinski definition) is 7. The van der Waals surface area contributed by atoms with Crippen molar-refractivity contribution in [1.82, 2.24) is 9.97 Å². The molecule has 2 aliphatic heterocycles. The number of halogens is 1. The Morgan fingerprint density at radius 3 is 2.67 bits per heavy atom. The number of aryl methyl sites for hydroxylation is 1. The van der Waals surface area contributed by atoms with Crippen molar-refractivity contribution < 1.29 is 19.4 Å². The molecule has 2 aromatic rings. The van der Waals surface area contributed by atoms with E-state index in [0.717, 1.165) is 56.0 Å². The number of carbonyl (C=O) groups is 1. The van der Waals surface area contributed by atoms with Crippen molar-refractivity contribution in [2.24, 2.45) is 11.8 Å². The summed E-state index contributed by atoms with van der Waals surface area (Å²) in [7, 11) is 0. The van der Waals surface area contributed by atoms with Crippen LogP contribution in [0.5, 0.6) is 5.75 Å². The van der Waals surface area contributed by atoms with Gasteiger partial charge < -0.3 is 19.5 Å². The van der Waals surface area contributed by atoms with Gasteiger partial charge in [0.05, 0.1) is 43.3 Å². The number of aromatic nitrogens is 2. The highest BCUT2D eigenvalue weighted by Crippen LogP contribution is 2.26. The molecule has 7 nitrogen and oxygen atoms in total. The molecular weight excluding hydrogens is 442 g/mol. The van der Waals surface area contributed by atoms with Crippen LogP contribution in [0.4, 0.5) is 5.95 Å². The van der Waals surface area contributed by atoms with Crippen molar-refractivity contribution in [2.75, 3.05) is 37.8 Å². The molecule has 1 aromatic heterocycles. The summed E-state index contributed by atoms with van der Waals surface area (Å²) in [5.74, 6) is 2.17. The molecule has 0 amide bonds. The predicted octanol–water partition coefficient (Wildman–Crippen LogP) is 4.09. The van der Waals surface area contributed by atoms with Gasteiger partial charge in [0.1, 0.15) is 5.75 Å². The number of piperidine rings is 1. The molecule has 3 heterocycles. The molecule has 8 heteroatoms. The zero-order chi connectivity index (χ0) is 23.2. The highest BCUT2D eigenvalue weighted by Gasteiger charge is 2.29. The number of nitrogens with zero attached hydrogens (tertiary/aromatic N) is 3. The second kappa shape index (κ2) is 11.3. The standard InChI is InChI=1S/C25H32ClN3O4/c1-17-11-21(4-5-22(17)23(30)12-19-15-32-16-24(19)31)33-10-2-3-18-6-8-29(9-7-18)25-27-13-20(26)14-28-25/h4-5,11,13-14,18-19,24,31H,2-3,6-10,12,15-16H2,1H3/t19-,24-/m0/s1. The highest BCUT2D eigenvalue weighted by atomic mass is 35.5.